The topological polar surface area (TPSA) is 77.8 Å². The van der Waals surface area contributed by atoms with Gasteiger partial charge in [0.15, 0.2) is 5.76 Å². The zero-order chi connectivity index (χ0) is 22.2. The zero-order valence-electron chi connectivity index (χ0n) is 17.4. The number of methoxy groups -OCH3 is 2. The molecule has 3 aromatic rings. The molecule has 0 radical (unpaired) electrons. The van der Waals surface area contributed by atoms with Gasteiger partial charge in [-0.3, -0.25) is 9.00 Å². The van der Waals surface area contributed by atoms with Gasteiger partial charge < -0.3 is 19.2 Å². The Morgan fingerprint density at radius 3 is 2.52 bits per heavy atom. The Kier molecular flexibility index (Phi) is 8.14. The summed E-state index contributed by atoms with van der Waals surface area (Å²) in [4.78, 5) is 12.4. The molecule has 31 heavy (non-hydrogen) atoms. The second-order valence-electron chi connectivity index (χ2n) is 6.80. The number of furan rings is 1. The molecule has 0 saturated carbocycles. The van der Waals surface area contributed by atoms with Crippen molar-refractivity contribution < 1.29 is 22.9 Å². The van der Waals surface area contributed by atoms with Crippen LogP contribution in [-0.2, 0) is 28.7 Å². The molecule has 8 heteroatoms. The highest BCUT2D eigenvalue weighted by Crippen LogP contribution is 2.24. The molecule has 0 fully saturated rings. The van der Waals surface area contributed by atoms with Crippen LogP contribution in [0.2, 0.25) is 5.02 Å². The van der Waals surface area contributed by atoms with Gasteiger partial charge in [0.25, 0.3) is 5.91 Å². The van der Waals surface area contributed by atoms with Gasteiger partial charge in [0.2, 0.25) is 0 Å². The molecule has 0 aliphatic rings. The zero-order valence-corrected chi connectivity index (χ0v) is 18.9. The van der Waals surface area contributed by atoms with Crippen LogP contribution in [0.3, 0.4) is 0 Å². The maximum Gasteiger partial charge on any atom is 0.287 e. The van der Waals surface area contributed by atoms with Crippen LogP contribution in [0.25, 0.3) is 0 Å². The van der Waals surface area contributed by atoms with Gasteiger partial charge in [-0.15, -0.1) is 0 Å². The number of ether oxygens (including phenoxy) is 2. The molecule has 2 aromatic carbocycles. The molecule has 0 saturated heterocycles. The van der Waals surface area contributed by atoms with Crippen molar-refractivity contribution in [2.75, 3.05) is 20.8 Å². The van der Waals surface area contributed by atoms with Crippen LogP contribution in [-0.4, -0.2) is 30.9 Å². The van der Waals surface area contributed by atoms with E-state index in [0.717, 1.165) is 22.6 Å². The van der Waals surface area contributed by atoms with E-state index in [1.165, 1.54) is 0 Å². The van der Waals surface area contributed by atoms with E-state index in [4.69, 9.17) is 25.5 Å². The number of rotatable bonds is 10. The number of benzene rings is 2. The third-order valence-corrected chi connectivity index (χ3v) is 6.11. The Balaban J connectivity index is 1.51. The molecule has 1 amide bonds. The molecule has 3 rings (SSSR count). The van der Waals surface area contributed by atoms with Crippen molar-refractivity contribution in [2.24, 2.45) is 0 Å². The number of carbonyl (C=O) groups is 1. The van der Waals surface area contributed by atoms with Crippen LogP contribution in [0.4, 0.5) is 0 Å². The van der Waals surface area contributed by atoms with Gasteiger partial charge in [0.1, 0.15) is 17.3 Å². The minimum atomic E-state index is -1.16. The first-order valence-electron chi connectivity index (χ1n) is 9.65. The fourth-order valence-electron chi connectivity index (χ4n) is 3.03. The lowest BCUT2D eigenvalue weighted by Gasteiger charge is -2.10. The van der Waals surface area contributed by atoms with E-state index in [0.29, 0.717) is 29.5 Å². The highest BCUT2D eigenvalue weighted by molar-refractivity contribution is 7.83. The SMILES string of the molecule is COc1ccc(OC)c(CCNC(=O)c2ccc(C[S@](=O)Cc3ccc(Cl)cc3)o2)c1. The maximum atomic E-state index is 12.4. The Morgan fingerprint density at radius 1 is 1.03 bits per heavy atom. The quantitative estimate of drug-likeness (QED) is 0.485. The van der Waals surface area contributed by atoms with Gasteiger partial charge in [-0.25, -0.2) is 0 Å². The van der Waals surface area contributed by atoms with Crippen molar-refractivity contribution in [3.8, 4) is 11.5 Å². The van der Waals surface area contributed by atoms with Gasteiger partial charge in [-0.2, -0.15) is 0 Å². The number of hydrogen-bond donors (Lipinski definition) is 1. The summed E-state index contributed by atoms with van der Waals surface area (Å²) in [6.45, 7) is 0.404. The second-order valence-corrected chi connectivity index (χ2v) is 8.70. The summed E-state index contributed by atoms with van der Waals surface area (Å²) in [6, 6.07) is 16.0. The Hall–Kier alpha value is -2.77. The molecule has 6 nitrogen and oxygen atoms in total. The molecular formula is C23H24ClNO5S. The van der Waals surface area contributed by atoms with Gasteiger partial charge in [-0.1, -0.05) is 23.7 Å². The van der Waals surface area contributed by atoms with Crippen LogP contribution in [0.1, 0.15) is 27.4 Å². The van der Waals surface area contributed by atoms with E-state index in [-0.39, 0.29) is 17.4 Å². The molecule has 0 aliphatic carbocycles. The van der Waals surface area contributed by atoms with E-state index in [9.17, 15) is 9.00 Å². The summed E-state index contributed by atoms with van der Waals surface area (Å²) in [5.74, 6) is 2.46. The van der Waals surface area contributed by atoms with E-state index >= 15 is 0 Å². The predicted octanol–water partition coefficient (Wildman–Crippen LogP) is 4.37. The van der Waals surface area contributed by atoms with Crippen molar-refractivity contribution >= 4 is 28.3 Å². The highest BCUT2D eigenvalue weighted by atomic mass is 35.5. The van der Waals surface area contributed by atoms with Crippen LogP contribution in [0.15, 0.2) is 59.0 Å². The van der Waals surface area contributed by atoms with E-state index < -0.39 is 10.8 Å². The summed E-state index contributed by atoms with van der Waals surface area (Å²) in [5.41, 5.74) is 1.86. The Labute approximate surface area is 189 Å². The smallest absolute Gasteiger partial charge is 0.287 e. The van der Waals surface area contributed by atoms with Crippen molar-refractivity contribution in [3.63, 3.8) is 0 Å². The molecular weight excluding hydrogens is 438 g/mol. The van der Waals surface area contributed by atoms with Crippen molar-refractivity contribution in [3.05, 3.63) is 82.3 Å². The van der Waals surface area contributed by atoms with E-state index in [1.807, 2.05) is 30.3 Å². The fraction of sp³-hybridized carbons (Fsp3) is 0.261. The van der Waals surface area contributed by atoms with E-state index in [2.05, 4.69) is 5.32 Å². The molecule has 0 bridgehead atoms. The molecule has 164 valence electrons. The first-order valence-corrected chi connectivity index (χ1v) is 11.5. The van der Waals surface area contributed by atoms with Crippen LogP contribution in [0, 0.1) is 0 Å². The summed E-state index contributed by atoms with van der Waals surface area (Å²) >= 11 is 5.87. The Morgan fingerprint density at radius 2 is 1.81 bits per heavy atom. The van der Waals surface area contributed by atoms with Crippen LogP contribution >= 0.6 is 11.6 Å². The molecule has 0 unspecified atom stereocenters. The minimum absolute atomic E-state index is 0.191. The summed E-state index contributed by atoms with van der Waals surface area (Å²) in [5, 5.41) is 3.47. The maximum absolute atomic E-state index is 12.4. The van der Waals surface area contributed by atoms with Gasteiger partial charge >= 0.3 is 0 Å². The number of halogens is 1. The van der Waals surface area contributed by atoms with Gasteiger partial charge in [0, 0.05) is 28.1 Å². The standard InChI is InChI=1S/C23H24ClNO5S/c1-28-19-7-9-21(29-2)17(13-19)11-12-25-23(26)22-10-8-20(30-22)15-31(27)14-16-3-5-18(24)6-4-16/h3-10,13H,11-12,14-15H2,1-2H3,(H,25,26)/t31-/m1/s1. The molecule has 1 N–H and O–H groups in total. The molecule has 1 heterocycles. The fourth-order valence-corrected chi connectivity index (χ4v) is 4.29. The normalized spacial score (nSPS) is 11.7. The summed E-state index contributed by atoms with van der Waals surface area (Å²) in [6.07, 6.45) is 0.574. The predicted molar refractivity (Wildman–Crippen MR) is 121 cm³/mol. The third kappa shape index (κ3) is 6.60. The molecule has 1 atom stereocenters. The second kappa shape index (κ2) is 11.0. The van der Waals surface area contributed by atoms with Crippen molar-refractivity contribution in [2.45, 2.75) is 17.9 Å². The number of nitrogens with one attached hydrogen (secondary N) is 1. The lowest BCUT2D eigenvalue weighted by molar-refractivity contribution is 0.0925. The lowest BCUT2D eigenvalue weighted by Crippen LogP contribution is -2.25. The molecule has 1 aromatic heterocycles. The average Bonchev–Trinajstić information content (AvgIpc) is 3.23. The van der Waals surface area contributed by atoms with Crippen molar-refractivity contribution in [1.82, 2.24) is 5.32 Å². The molecule has 0 aliphatic heterocycles. The van der Waals surface area contributed by atoms with Gasteiger partial charge in [0.05, 0.1) is 20.0 Å². The molecule has 0 spiro atoms. The summed E-state index contributed by atoms with van der Waals surface area (Å²) < 4.78 is 28.6. The minimum Gasteiger partial charge on any atom is -0.497 e. The van der Waals surface area contributed by atoms with Crippen LogP contribution in [0.5, 0.6) is 11.5 Å². The van der Waals surface area contributed by atoms with E-state index in [1.54, 1.807) is 38.5 Å². The number of carbonyl (C=O) groups excluding carboxylic acids is 1. The summed E-state index contributed by atoms with van der Waals surface area (Å²) in [7, 11) is 2.04. The van der Waals surface area contributed by atoms with Gasteiger partial charge in [-0.05, 0) is 60.0 Å². The number of amides is 1. The first kappa shape index (κ1) is 22.9. The largest absolute Gasteiger partial charge is 0.497 e. The van der Waals surface area contributed by atoms with Crippen LogP contribution < -0.4 is 14.8 Å². The highest BCUT2D eigenvalue weighted by Gasteiger charge is 2.14. The Bertz CT molecular complexity index is 1050. The lowest BCUT2D eigenvalue weighted by atomic mass is 10.1. The average molecular weight is 462 g/mol. The first-order chi connectivity index (χ1) is 15.0. The monoisotopic (exact) mass is 461 g/mol. The third-order valence-electron chi connectivity index (χ3n) is 4.60. The number of hydrogen-bond acceptors (Lipinski definition) is 5. The van der Waals surface area contributed by atoms with Crippen molar-refractivity contribution in [1.29, 1.82) is 0 Å².